The predicted octanol–water partition coefficient (Wildman–Crippen LogP) is 1.73. The minimum Gasteiger partial charge on any atom is -0.401 e. The zero-order valence-electron chi connectivity index (χ0n) is 11.5. The third-order valence-corrected chi connectivity index (χ3v) is 3.80. The molecule has 0 atom stereocenters. The molecular weight excluding hydrogens is 324 g/mol. The van der Waals surface area contributed by atoms with Crippen LogP contribution in [0.3, 0.4) is 0 Å². The second kappa shape index (κ2) is 7.06. The molecule has 112 valence electrons. The maximum atomic E-state index is 11.9. The van der Waals surface area contributed by atoms with Crippen LogP contribution in [0.2, 0.25) is 5.02 Å². The standard InChI is InChI=1S/C13H11ClN6OS/c1-8(16)11(6-15)12(21)7-22-13-17-18-19-20(13)10-4-2-9(14)3-5-10/h2-5H,7,16H2,1H3/b11-8-. The summed E-state index contributed by atoms with van der Waals surface area (Å²) in [5, 5.41) is 21.3. The van der Waals surface area contributed by atoms with Crippen molar-refractivity contribution in [3.05, 3.63) is 40.6 Å². The summed E-state index contributed by atoms with van der Waals surface area (Å²) in [4.78, 5) is 11.9. The molecule has 0 spiro atoms. The number of benzene rings is 1. The van der Waals surface area contributed by atoms with Gasteiger partial charge in [0.25, 0.3) is 0 Å². The summed E-state index contributed by atoms with van der Waals surface area (Å²) < 4.78 is 1.49. The van der Waals surface area contributed by atoms with E-state index in [1.165, 1.54) is 11.6 Å². The fourth-order valence-electron chi connectivity index (χ4n) is 1.59. The van der Waals surface area contributed by atoms with Crippen molar-refractivity contribution >= 4 is 29.1 Å². The highest BCUT2D eigenvalue weighted by molar-refractivity contribution is 7.99. The molecular formula is C13H11ClN6OS. The number of rotatable bonds is 5. The molecule has 0 aliphatic rings. The highest BCUT2D eigenvalue weighted by Crippen LogP contribution is 2.20. The minimum absolute atomic E-state index is 0.0192. The molecule has 0 aliphatic heterocycles. The van der Waals surface area contributed by atoms with Gasteiger partial charge in [0.15, 0.2) is 5.78 Å². The van der Waals surface area contributed by atoms with Crippen LogP contribution in [0.15, 0.2) is 40.7 Å². The lowest BCUT2D eigenvalue weighted by Gasteiger charge is -2.04. The first-order chi connectivity index (χ1) is 10.5. The van der Waals surface area contributed by atoms with Gasteiger partial charge in [0.05, 0.1) is 11.4 Å². The van der Waals surface area contributed by atoms with Gasteiger partial charge in [-0.05, 0) is 41.6 Å². The van der Waals surface area contributed by atoms with Gasteiger partial charge in [-0.3, -0.25) is 4.79 Å². The second-order valence-corrected chi connectivity index (χ2v) is 5.61. The van der Waals surface area contributed by atoms with Crippen molar-refractivity contribution in [3.63, 3.8) is 0 Å². The summed E-state index contributed by atoms with van der Waals surface area (Å²) in [6.07, 6.45) is 0. The highest BCUT2D eigenvalue weighted by atomic mass is 35.5. The number of carbonyl (C=O) groups excluding carboxylic acids is 1. The SMILES string of the molecule is C/C(N)=C(\C#N)C(=O)CSc1nnnn1-c1ccc(Cl)cc1. The molecule has 0 saturated heterocycles. The largest absolute Gasteiger partial charge is 0.401 e. The molecule has 1 heterocycles. The molecule has 1 aromatic heterocycles. The molecule has 2 aromatic rings. The summed E-state index contributed by atoms with van der Waals surface area (Å²) >= 11 is 6.96. The van der Waals surface area contributed by atoms with Crippen LogP contribution in [0.5, 0.6) is 0 Å². The first kappa shape index (κ1) is 16.0. The number of tetrazole rings is 1. The lowest BCUT2D eigenvalue weighted by Crippen LogP contribution is -2.11. The van der Waals surface area contributed by atoms with E-state index in [1.54, 1.807) is 30.3 Å². The second-order valence-electron chi connectivity index (χ2n) is 4.23. The third kappa shape index (κ3) is 3.63. The maximum Gasteiger partial charge on any atom is 0.214 e. The van der Waals surface area contributed by atoms with Crippen molar-refractivity contribution in [3.8, 4) is 11.8 Å². The Morgan fingerprint density at radius 2 is 2.14 bits per heavy atom. The average molecular weight is 335 g/mol. The highest BCUT2D eigenvalue weighted by Gasteiger charge is 2.15. The molecule has 0 aliphatic carbocycles. The lowest BCUT2D eigenvalue weighted by molar-refractivity contribution is -0.112. The van der Waals surface area contributed by atoms with Crippen molar-refractivity contribution < 1.29 is 4.79 Å². The van der Waals surface area contributed by atoms with E-state index in [2.05, 4.69) is 15.5 Å². The molecule has 22 heavy (non-hydrogen) atoms. The monoisotopic (exact) mass is 334 g/mol. The molecule has 2 N–H and O–H groups in total. The summed E-state index contributed by atoms with van der Waals surface area (Å²) in [6.45, 7) is 1.51. The van der Waals surface area contributed by atoms with Gasteiger partial charge in [0, 0.05) is 10.7 Å². The van der Waals surface area contributed by atoms with Crippen LogP contribution >= 0.6 is 23.4 Å². The lowest BCUT2D eigenvalue weighted by atomic mass is 10.2. The van der Waals surface area contributed by atoms with Gasteiger partial charge in [-0.15, -0.1) is 5.10 Å². The van der Waals surface area contributed by atoms with Gasteiger partial charge in [0.2, 0.25) is 5.16 Å². The molecule has 1 aromatic carbocycles. The molecule has 0 bridgehead atoms. The number of Topliss-reactive ketones (excluding diaryl/α,β-unsaturated/α-hetero) is 1. The van der Waals surface area contributed by atoms with Crippen LogP contribution in [0.4, 0.5) is 0 Å². The van der Waals surface area contributed by atoms with E-state index in [1.807, 2.05) is 0 Å². The number of aromatic nitrogens is 4. The summed E-state index contributed by atoms with van der Waals surface area (Å²) in [6, 6.07) is 8.75. The van der Waals surface area contributed by atoms with Gasteiger partial charge in [0.1, 0.15) is 11.6 Å². The Kier molecular flexibility index (Phi) is 5.14. The number of nitrogens with zero attached hydrogens (tertiary/aromatic N) is 5. The van der Waals surface area contributed by atoms with Crippen molar-refractivity contribution in [2.24, 2.45) is 5.73 Å². The van der Waals surface area contributed by atoms with E-state index in [9.17, 15) is 4.79 Å². The zero-order valence-corrected chi connectivity index (χ0v) is 13.1. The van der Waals surface area contributed by atoms with Crippen molar-refractivity contribution in [1.82, 2.24) is 20.2 Å². The first-order valence-electron chi connectivity index (χ1n) is 6.09. The number of hydrogen-bond acceptors (Lipinski definition) is 7. The number of allylic oxidation sites excluding steroid dienone is 2. The fraction of sp³-hybridized carbons (Fsp3) is 0.154. The summed E-state index contributed by atoms with van der Waals surface area (Å²) in [7, 11) is 0. The molecule has 0 unspecified atom stereocenters. The number of nitrogens with two attached hydrogens (primary N) is 1. The smallest absolute Gasteiger partial charge is 0.214 e. The van der Waals surface area contributed by atoms with E-state index in [0.717, 1.165) is 17.4 Å². The molecule has 0 amide bonds. The van der Waals surface area contributed by atoms with Gasteiger partial charge in [-0.1, -0.05) is 23.4 Å². The molecule has 2 rings (SSSR count). The zero-order chi connectivity index (χ0) is 16.1. The number of carbonyl (C=O) groups is 1. The Labute approximate surface area is 135 Å². The quantitative estimate of drug-likeness (QED) is 0.503. The predicted molar refractivity (Wildman–Crippen MR) is 82.4 cm³/mol. The molecule has 0 fully saturated rings. The molecule has 0 saturated carbocycles. The average Bonchev–Trinajstić information content (AvgIpc) is 2.94. The first-order valence-corrected chi connectivity index (χ1v) is 7.46. The Bertz CT molecular complexity index is 758. The van der Waals surface area contributed by atoms with Gasteiger partial charge in [-0.2, -0.15) is 9.94 Å². The molecule has 9 heteroatoms. The molecule has 0 radical (unpaired) electrons. The van der Waals surface area contributed by atoms with Crippen LogP contribution in [-0.4, -0.2) is 31.7 Å². The molecule has 7 nitrogen and oxygen atoms in total. The Morgan fingerprint density at radius 3 is 2.73 bits per heavy atom. The van der Waals surface area contributed by atoms with Crippen molar-refractivity contribution in [1.29, 1.82) is 5.26 Å². The van der Waals surface area contributed by atoms with E-state index >= 15 is 0 Å². The van der Waals surface area contributed by atoms with Gasteiger partial charge >= 0.3 is 0 Å². The van der Waals surface area contributed by atoms with E-state index in [-0.39, 0.29) is 22.8 Å². The topological polar surface area (TPSA) is 110 Å². The van der Waals surface area contributed by atoms with Crippen molar-refractivity contribution in [2.75, 3.05) is 5.75 Å². The fourth-order valence-corrected chi connectivity index (χ4v) is 2.47. The number of halogens is 1. The van der Waals surface area contributed by atoms with E-state index in [4.69, 9.17) is 22.6 Å². The normalized spacial score (nSPS) is 11.7. The van der Waals surface area contributed by atoms with E-state index < -0.39 is 0 Å². The van der Waals surface area contributed by atoms with Crippen LogP contribution in [0.1, 0.15) is 6.92 Å². The van der Waals surface area contributed by atoms with Crippen LogP contribution in [0.25, 0.3) is 5.69 Å². The van der Waals surface area contributed by atoms with Crippen LogP contribution in [-0.2, 0) is 4.79 Å². The van der Waals surface area contributed by atoms with Gasteiger partial charge in [-0.25, -0.2) is 0 Å². The minimum atomic E-state index is -0.363. The van der Waals surface area contributed by atoms with Crippen LogP contribution < -0.4 is 5.73 Å². The number of ketones is 1. The van der Waals surface area contributed by atoms with E-state index in [0.29, 0.717) is 10.2 Å². The van der Waals surface area contributed by atoms with Gasteiger partial charge < -0.3 is 5.73 Å². The maximum absolute atomic E-state index is 11.9. The Balaban J connectivity index is 2.15. The number of nitriles is 1. The Hall–Kier alpha value is -2.37. The number of hydrogen-bond donors (Lipinski definition) is 1. The Morgan fingerprint density at radius 1 is 1.45 bits per heavy atom. The number of thioether (sulfide) groups is 1. The summed E-state index contributed by atoms with van der Waals surface area (Å²) in [5.41, 5.74) is 6.38. The summed E-state index contributed by atoms with van der Waals surface area (Å²) in [5.74, 6) is -0.344. The van der Waals surface area contributed by atoms with Crippen LogP contribution in [0, 0.1) is 11.3 Å². The third-order valence-electron chi connectivity index (χ3n) is 2.63. The van der Waals surface area contributed by atoms with Crippen molar-refractivity contribution in [2.45, 2.75) is 12.1 Å².